The molecule has 1 aromatic rings. The van der Waals surface area contributed by atoms with Crippen LogP contribution < -0.4 is 14.8 Å². The van der Waals surface area contributed by atoms with E-state index in [-0.39, 0.29) is 24.1 Å². The van der Waals surface area contributed by atoms with Gasteiger partial charge in [-0.2, -0.15) is 5.26 Å². The minimum Gasteiger partial charge on any atom is -0.490 e. The lowest BCUT2D eigenvalue weighted by Crippen LogP contribution is -2.41. The minimum absolute atomic E-state index is 0.0218. The Bertz CT molecular complexity index is 820. The van der Waals surface area contributed by atoms with E-state index >= 15 is 0 Å². The molecule has 148 valence electrons. The lowest BCUT2D eigenvalue weighted by atomic mass is 9.86. The molecule has 2 atom stereocenters. The van der Waals surface area contributed by atoms with Crippen LogP contribution >= 0.6 is 11.6 Å². The summed E-state index contributed by atoms with van der Waals surface area (Å²) in [6.45, 7) is 4.42. The first-order chi connectivity index (χ1) is 13.5. The number of hydrogen-bond acceptors (Lipinski definition) is 4. The number of carbonyl (C=O) groups excluding carboxylic acids is 1. The number of hydrogen-bond donors (Lipinski definition) is 1. The van der Waals surface area contributed by atoms with E-state index < -0.39 is 0 Å². The molecule has 1 aliphatic carbocycles. The van der Waals surface area contributed by atoms with Crippen molar-refractivity contribution in [2.75, 3.05) is 13.2 Å². The predicted octanol–water partition coefficient (Wildman–Crippen LogP) is 4.35. The molecule has 0 bridgehead atoms. The first-order valence-electron chi connectivity index (χ1n) is 9.45. The van der Waals surface area contributed by atoms with Crippen LogP contribution in [0.2, 0.25) is 5.02 Å². The fourth-order valence-corrected chi connectivity index (χ4v) is 3.55. The van der Waals surface area contributed by atoms with Gasteiger partial charge in [0.15, 0.2) is 11.5 Å². The Balaban J connectivity index is 2.26. The highest BCUT2D eigenvalue weighted by atomic mass is 35.5. The Morgan fingerprint density at radius 3 is 2.79 bits per heavy atom. The molecule has 1 amide bonds. The van der Waals surface area contributed by atoms with Crippen LogP contribution in [0.4, 0.5) is 0 Å². The molecule has 1 aliphatic rings. The molecule has 0 aromatic heterocycles. The number of nitrogens with zero attached hydrogens (tertiary/aromatic N) is 1. The van der Waals surface area contributed by atoms with E-state index in [4.69, 9.17) is 27.5 Å². The first-order valence-corrected chi connectivity index (χ1v) is 9.83. The van der Waals surface area contributed by atoms with Gasteiger partial charge in [0.05, 0.1) is 11.6 Å². The van der Waals surface area contributed by atoms with Crippen LogP contribution in [0.5, 0.6) is 11.5 Å². The standard InChI is InChI=1S/C22H25ClN2O3/c1-4-10-28-21-18(23)12-16(13-20(21)27-5-2)11-17(14-24)22(26)25-19-9-7-6-8-15(19)3/h1,11-13,15,19H,5-10H2,2-3H3,(H,25,26)/b17-11+/t15-,19-/m0/s1. The van der Waals surface area contributed by atoms with Crippen molar-refractivity contribution in [1.82, 2.24) is 5.32 Å². The maximum absolute atomic E-state index is 12.6. The van der Waals surface area contributed by atoms with E-state index in [0.717, 1.165) is 19.3 Å². The van der Waals surface area contributed by atoms with Gasteiger partial charge in [-0.05, 0) is 49.5 Å². The van der Waals surface area contributed by atoms with Crippen LogP contribution in [0.3, 0.4) is 0 Å². The van der Waals surface area contributed by atoms with Crippen LogP contribution in [-0.4, -0.2) is 25.2 Å². The lowest BCUT2D eigenvalue weighted by Gasteiger charge is -2.29. The molecule has 5 nitrogen and oxygen atoms in total. The zero-order valence-corrected chi connectivity index (χ0v) is 17.0. The Hall–Kier alpha value is -2.63. The normalized spacial score (nSPS) is 19.2. The smallest absolute Gasteiger partial charge is 0.262 e. The molecule has 1 aromatic carbocycles. The summed E-state index contributed by atoms with van der Waals surface area (Å²) in [7, 11) is 0. The number of nitrogens with one attached hydrogen (secondary N) is 1. The second-order valence-electron chi connectivity index (χ2n) is 6.77. The molecule has 28 heavy (non-hydrogen) atoms. The van der Waals surface area contributed by atoms with Gasteiger partial charge in [-0.3, -0.25) is 4.79 Å². The van der Waals surface area contributed by atoms with E-state index in [1.165, 1.54) is 12.5 Å². The van der Waals surface area contributed by atoms with Crippen LogP contribution in [0, 0.1) is 29.6 Å². The number of amides is 1. The minimum atomic E-state index is -0.372. The lowest BCUT2D eigenvalue weighted by molar-refractivity contribution is -0.118. The predicted molar refractivity (Wildman–Crippen MR) is 110 cm³/mol. The molecule has 0 saturated heterocycles. The Labute approximate surface area is 171 Å². The van der Waals surface area contributed by atoms with E-state index in [2.05, 4.69) is 18.2 Å². The third-order valence-electron chi connectivity index (χ3n) is 4.74. The zero-order chi connectivity index (χ0) is 20.5. The summed E-state index contributed by atoms with van der Waals surface area (Å²) in [5, 5.41) is 12.8. The first kappa shape index (κ1) is 21.7. The van der Waals surface area contributed by atoms with Gasteiger partial charge in [0.1, 0.15) is 18.2 Å². The number of benzene rings is 1. The van der Waals surface area contributed by atoms with E-state index in [9.17, 15) is 10.1 Å². The second-order valence-corrected chi connectivity index (χ2v) is 7.17. The van der Waals surface area contributed by atoms with Crippen LogP contribution in [-0.2, 0) is 4.79 Å². The van der Waals surface area contributed by atoms with Crippen LogP contribution in [0.15, 0.2) is 17.7 Å². The molecule has 1 fully saturated rings. The van der Waals surface area contributed by atoms with Crippen molar-refractivity contribution >= 4 is 23.6 Å². The maximum atomic E-state index is 12.6. The summed E-state index contributed by atoms with van der Waals surface area (Å²) < 4.78 is 11.0. The van der Waals surface area contributed by atoms with Gasteiger partial charge in [-0.15, -0.1) is 6.42 Å². The number of nitriles is 1. The Morgan fingerprint density at radius 2 is 2.14 bits per heavy atom. The third kappa shape index (κ3) is 5.68. The third-order valence-corrected chi connectivity index (χ3v) is 5.02. The van der Waals surface area contributed by atoms with Crippen molar-refractivity contribution < 1.29 is 14.3 Å². The van der Waals surface area contributed by atoms with E-state index in [0.29, 0.717) is 34.6 Å². The molecular formula is C22H25ClN2O3. The zero-order valence-electron chi connectivity index (χ0n) is 16.3. The summed E-state index contributed by atoms with van der Waals surface area (Å²) in [6.07, 6.45) is 11.0. The van der Waals surface area contributed by atoms with Gasteiger partial charge in [-0.25, -0.2) is 0 Å². The molecule has 6 heteroatoms. The van der Waals surface area contributed by atoms with Crippen molar-refractivity contribution in [3.05, 3.63) is 28.3 Å². The molecule has 2 rings (SSSR count). The SMILES string of the molecule is C#CCOc1c(Cl)cc(/C=C(\C#N)C(=O)N[C@H]2CCCC[C@@H]2C)cc1OCC. The quantitative estimate of drug-likeness (QED) is 0.419. The Kier molecular flexibility index (Phi) is 8.23. The molecular weight excluding hydrogens is 376 g/mol. The fourth-order valence-electron chi connectivity index (χ4n) is 3.28. The number of halogens is 1. The molecule has 0 spiro atoms. The van der Waals surface area contributed by atoms with E-state index in [1.807, 2.05) is 13.0 Å². The molecule has 1 N–H and O–H groups in total. The molecule has 0 heterocycles. The topological polar surface area (TPSA) is 71.3 Å². The number of ether oxygens (including phenoxy) is 2. The fraction of sp³-hybridized carbons (Fsp3) is 0.455. The highest BCUT2D eigenvalue weighted by molar-refractivity contribution is 6.32. The summed E-state index contributed by atoms with van der Waals surface area (Å²) in [4.78, 5) is 12.6. The monoisotopic (exact) mass is 400 g/mol. The average molecular weight is 401 g/mol. The van der Waals surface area contributed by atoms with Gasteiger partial charge in [0.2, 0.25) is 0 Å². The number of terminal acetylenes is 1. The van der Waals surface area contributed by atoms with Crippen molar-refractivity contribution in [3.8, 4) is 29.9 Å². The van der Waals surface area contributed by atoms with Gasteiger partial charge in [0, 0.05) is 6.04 Å². The highest BCUT2D eigenvalue weighted by Crippen LogP contribution is 2.37. The summed E-state index contributed by atoms with van der Waals surface area (Å²) in [5.41, 5.74) is 0.596. The largest absolute Gasteiger partial charge is 0.490 e. The summed E-state index contributed by atoms with van der Waals surface area (Å²) >= 11 is 6.30. The second kappa shape index (κ2) is 10.6. The summed E-state index contributed by atoms with van der Waals surface area (Å²) in [6, 6.07) is 5.37. The Morgan fingerprint density at radius 1 is 1.39 bits per heavy atom. The molecule has 0 unspecified atom stereocenters. The average Bonchev–Trinajstić information content (AvgIpc) is 2.67. The molecule has 0 aliphatic heterocycles. The maximum Gasteiger partial charge on any atom is 0.262 e. The number of rotatable bonds is 7. The van der Waals surface area contributed by atoms with E-state index in [1.54, 1.807) is 12.1 Å². The van der Waals surface area contributed by atoms with Crippen molar-refractivity contribution in [3.63, 3.8) is 0 Å². The van der Waals surface area contributed by atoms with Crippen molar-refractivity contribution in [2.45, 2.75) is 45.6 Å². The van der Waals surface area contributed by atoms with Gasteiger partial charge in [0.25, 0.3) is 5.91 Å². The number of carbonyl (C=O) groups is 1. The van der Waals surface area contributed by atoms with Gasteiger partial charge < -0.3 is 14.8 Å². The van der Waals surface area contributed by atoms with Gasteiger partial charge >= 0.3 is 0 Å². The molecule has 0 radical (unpaired) electrons. The van der Waals surface area contributed by atoms with Crippen molar-refractivity contribution in [1.29, 1.82) is 5.26 Å². The van der Waals surface area contributed by atoms with Crippen LogP contribution in [0.25, 0.3) is 6.08 Å². The summed E-state index contributed by atoms with van der Waals surface area (Å²) in [5.74, 6) is 3.17. The van der Waals surface area contributed by atoms with Gasteiger partial charge in [-0.1, -0.05) is 37.3 Å². The molecule has 1 saturated carbocycles. The van der Waals surface area contributed by atoms with Crippen LogP contribution in [0.1, 0.15) is 45.1 Å². The highest BCUT2D eigenvalue weighted by Gasteiger charge is 2.24. The van der Waals surface area contributed by atoms with Crippen molar-refractivity contribution in [2.24, 2.45) is 5.92 Å².